The van der Waals surface area contributed by atoms with E-state index in [9.17, 15) is 9.18 Å². The summed E-state index contributed by atoms with van der Waals surface area (Å²) < 4.78 is 13.2. The Kier molecular flexibility index (Phi) is 4.52. The van der Waals surface area contributed by atoms with Crippen molar-refractivity contribution in [1.82, 2.24) is 0 Å². The second kappa shape index (κ2) is 5.67. The summed E-state index contributed by atoms with van der Waals surface area (Å²) in [7, 11) is 0. The Morgan fingerprint density at radius 3 is 2.75 bits per heavy atom. The molecule has 3 N–H and O–H groups in total. The van der Waals surface area contributed by atoms with Gasteiger partial charge in [-0.2, -0.15) is 0 Å². The summed E-state index contributed by atoms with van der Waals surface area (Å²) in [5.41, 5.74) is 0.00936. The van der Waals surface area contributed by atoms with Crippen LogP contribution in [0.2, 0.25) is 0 Å². The molecule has 0 amide bonds. The van der Waals surface area contributed by atoms with Gasteiger partial charge in [0.05, 0.1) is 17.5 Å². The van der Waals surface area contributed by atoms with Gasteiger partial charge in [0.25, 0.3) is 0 Å². The first-order valence-electron chi connectivity index (χ1n) is 4.55. The highest BCUT2D eigenvalue weighted by molar-refractivity contribution is 6.18. The zero-order chi connectivity index (χ0) is 12.1. The number of hydrogen-bond acceptors (Lipinski definition) is 3. The molecule has 0 spiro atoms. The number of carbonyl (C=O) groups is 1. The molecule has 0 saturated carbocycles. The van der Waals surface area contributed by atoms with Gasteiger partial charge in [0.2, 0.25) is 0 Å². The maximum Gasteiger partial charge on any atom is 0.338 e. The van der Waals surface area contributed by atoms with E-state index in [1.54, 1.807) is 0 Å². The Balaban J connectivity index is 2.70. The first-order chi connectivity index (χ1) is 7.54. The Labute approximate surface area is 96.7 Å². The van der Waals surface area contributed by atoms with Gasteiger partial charge in [0.15, 0.2) is 0 Å². The smallest absolute Gasteiger partial charge is 0.338 e. The van der Waals surface area contributed by atoms with Gasteiger partial charge in [-0.1, -0.05) is 0 Å². The molecular weight excluding hydrogens is 237 g/mol. The summed E-state index contributed by atoms with van der Waals surface area (Å²) in [6.07, 6.45) is -0.733. The molecule has 0 bridgehead atoms. The number of hydrogen-bond donors (Lipinski definition) is 3. The third-order valence-corrected chi connectivity index (χ3v) is 2.28. The topological polar surface area (TPSA) is 69.6 Å². The van der Waals surface area contributed by atoms with E-state index >= 15 is 0 Å². The van der Waals surface area contributed by atoms with Crippen LogP contribution in [-0.4, -0.2) is 34.7 Å². The highest BCUT2D eigenvalue weighted by atomic mass is 35.5. The van der Waals surface area contributed by atoms with Gasteiger partial charge < -0.3 is 15.5 Å². The number of carboxylic acid groups (broad SMARTS) is 1. The van der Waals surface area contributed by atoms with E-state index in [-0.39, 0.29) is 18.0 Å². The van der Waals surface area contributed by atoms with Crippen molar-refractivity contribution in [1.29, 1.82) is 0 Å². The number of aliphatic hydroxyl groups is 1. The maximum atomic E-state index is 13.2. The average molecular weight is 248 g/mol. The minimum atomic E-state index is -1.31. The molecule has 1 rings (SSSR count). The molecule has 16 heavy (non-hydrogen) atoms. The fourth-order valence-electron chi connectivity index (χ4n) is 1.09. The monoisotopic (exact) mass is 247 g/mol. The van der Waals surface area contributed by atoms with Crippen molar-refractivity contribution < 1.29 is 19.4 Å². The van der Waals surface area contributed by atoms with Crippen LogP contribution in [-0.2, 0) is 0 Å². The zero-order valence-electron chi connectivity index (χ0n) is 8.28. The van der Waals surface area contributed by atoms with E-state index in [2.05, 4.69) is 5.32 Å². The number of carboxylic acids is 1. The molecule has 88 valence electrons. The third-order valence-electron chi connectivity index (χ3n) is 1.92. The summed E-state index contributed by atoms with van der Waals surface area (Å²) in [6, 6.07) is 3.64. The summed E-state index contributed by atoms with van der Waals surface area (Å²) in [5.74, 6) is -2.06. The van der Waals surface area contributed by atoms with Crippen molar-refractivity contribution in [3.05, 3.63) is 29.6 Å². The number of aromatic carboxylic acids is 1. The number of aliphatic hydroxyl groups excluding tert-OH is 1. The van der Waals surface area contributed by atoms with Crippen LogP contribution in [0.5, 0.6) is 0 Å². The second-order valence-electron chi connectivity index (χ2n) is 3.19. The lowest BCUT2D eigenvalue weighted by atomic mass is 10.2. The van der Waals surface area contributed by atoms with Crippen LogP contribution >= 0.6 is 11.6 Å². The van der Waals surface area contributed by atoms with Gasteiger partial charge in [-0.15, -0.1) is 11.6 Å². The molecule has 1 atom stereocenters. The van der Waals surface area contributed by atoms with Gasteiger partial charge in [0.1, 0.15) is 5.82 Å². The zero-order valence-corrected chi connectivity index (χ0v) is 9.04. The highest BCUT2D eigenvalue weighted by Gasteiger charge is 2.10. The van der Waals surface area contributed by atoms with Crippen molar-refractivity contribution >= 4 is 23.3 Å². The van der Waals surface area contributed by atoms with Crippen molar-refractivity contribution in [2.75, 3.05) is 17.7 Å². The van der Waals surface area contributed by atoms with E-state index in [4.69, 9.17) is 21.8 Å². The molecule has 1 aromatic carbocycles. The number of alkyl halides is 1. The van der Waals surface area contributed by atoms with Gasteiger partial charge in [0, 0.05) is 12.2 Å². The molecule has 0 aliphatic carbocycles. The van der Waals surface area contributed by atoms with Crippen LogP contribution in [0.3, 0.4) is 0 Å². The number of anilines is 1. The van der Waals surface area contributed by atoms with Crippen molar-refractivity contribution in [2.24, 2.45) is 0 Å². The molecule has 1 aromatic rings. The molecule has 0 radical (unpaired) electrons. The van der Waals surface area contributed by atoms with E-state index < -0.39 is 17.9 Å². The van der Waals surface area contributed by atoms with Crippen molar-refractivity contribution in [3.63, 3.8) is 0 Å². The molecule has 0 saturated heterocycles. The number of rotatable bonds is 5. The first kappa shape index (κ1) is 12.7. The second-order valence-corrected chi connectivity index (χ2v) is 3.50. The van der Waals surface area contributed by atoms with Gasteiger partial charge in [-0.3, -0.25) is 0 Å². The van der Waals surface area contributed by atoms with Crippen LogP contribution in [0, 0.1) is 5.82 Å². The minimum absolute atomic E-state index is 0.0721. The fourth-order valence-corrected chi connectivity index (χ4v) is 1.20. The maximum absolute atomic E-state index is 13.2. The van der Waals surface area contributed by atoms with E-state index in [0.717, 1.165) is 12.1 Å². The molecule has 0 aromatic heterocycles. The Bertz CT molecular complexity index is 386. The summed E-state index contributed by atoms with van der Waals surface area (Å²) in [4.78, 5) is 10.5. The van der Waals surface area contributed by atoms with Gasteiger partial charge >= 0.3 is 5.97 Å². The van der Waals surface area contributed by atoms with Gasteiger partial charge in [-0.05, 0) is 18.2 Å². The number of benzene rings is 1. The Morgan fingerprint density at radius 1 is 1.56 bits per heavy atom. The molecule has 0 aliphatic heterocycles. The van der Waals surface area contributed by atoms with Crippen LogP contribution in [0.1, 0.15) is 10.4 Å². The summed E-state index contributed by atoms with van der Waals surface area (Å²) >= 11 is 5.37. The van der Waals surface area contributed by atoms with Gasteiger partial charge in [-0.25, -0.2) is 9.18 Å². The standard InChI is InChI=1S/C10H11ClFNO3/c11-4-7(14)5-13-6-1-2-8(10(15)16)9(12)3-6/h1-3,7,13-14H,4-5H2,(H,15,16). The first-order valence-corrected chi connectivity index (χ1v) is 5.08. The summed E-state index contributed by atoms with van der Waals surface area (Å²) in [6.45, 7) is 0.176. The number of nitrogens with one attached hydrogen (secondary N) is 1. The van der Waals surface area contributed by atoms with Crippen LogP contribution in [0.4, 0.5) is 10.1 Å². The van der Waals surface area contributed by atoms with E-state index in [0.29, 0.717) is 5.69 Å². The molecule has 6 heteroatoms. The molecule has 0 heterocycles. The molecule has 0 fully saturated rings. The van der Waals surface area contributed by atoms with Crippen molar-refractivity contribution in [2.45, 2.75) is 6.10 Å². The SMILES string of the molecule is O=C(O)c1ccc(NCC(O)CCl)cc1F. The Morgan fingerprint density at radius 2 is 2.25 bits per heavy atom. The molecular formula is C10H11ClFNO3. The normalized spacial score (nSPS) is 12.2. The van der Waals surface area contributed by atoms with Crippen molar-refractivity contribution in [3.8, 4) is 0 Å². The fraction of sp³-hybridized carbons (Fsp3) is 0.300. The van der Waals surface area contributed by atoms with Crippen LogP contribution in [0.25, 0.3) is 0 Å². The highest BCUT2D eigenvalue weighted by Crippen LogP contribution is 2.14. The Hall–Kier alpha value is -1.33. The third kappa shape index (κ3) is 3.36. The van der Waals surface area contributed by atoms with E-state index in [1.165, 1.54) is 6.07 Å². The summed E-state index contributed by atoms with van der Waals surface area (Å²) in [5, 5.41) is 20.5. The quantitative estimate of drug-likeness (QED) is 0.691. The lowest BCUT2D eigenvalue weighted by Gasteiger charge is -2.10. The van der Waals surface area contributed by atoms with Crippen LogP contribution in [0.15, 0.2) is 18.2 Å². The predicted octanol–water partition coefficient (Wildman–Crippen LogP) is 1.54. The minimum Gasteiger partial charge on any atom is -0.478 e. The molecule has 1 unspecified atom stereocenters. The lowest BCUT2D eigenvalue weighted by molar-refractivity contribution is 0.0692. The molecule has 0 aliphatic rings. The lowest BCUT2D eigenvalue weighted by Crippen LogP contribution is -2.20. The number of halogens is 2. The molecule has 4 nitrogen and oxygen atoms in total. The average Bonchev–Trinajstić information content (AvgIpc) is 2.25. The predicted molar refractivity (Wildman–Crippen MR) is 58.6 cm³/mol. The van der Waals surface area contributed by atoms with Crippen LogP contribution < -0.4 is 5.32 Å². The largest absolute Gasteiger partial charge is 0.478 e. The van der Waals surface area contributed by atoms with E-state index in [1.807, 2.05) is 0 Å².